The normalized spacial score (nSPS) is 23.4. The molecule has 1 spiro atoms. The third-order valence-electron chi connectivity index (χ3n) is 5.76. The molecule has 1 atom stereocenters. The van der Waals surface area contributed by atoms with E-state index in [0.29, 0.717) is 29.7 Å². The second-order valence-corrected chi connectivity index (χ2v) is 7.68. The number of likely N-dealkylation sites (tertiary alicyclic amines) is 2. The largest absolute Gasteiger partial charge is 0.340 e. The van der Waals surface area contributed by atoms with Crippen LogP contribution >= 0.6 is 0 Å². The molecule has 0 saturated carbocycles. The lowest BCUT2D eigenvalue weighted by Gasteiger charge is -2.41. The van der Waals surface area contributed by atoms with Crippen molar-refractivity contribution in [2.75, 3.05) is 19.6 Å². The van der Waals surface area contributed by atoms with Crippen LogP contribution in [0, 0.1) is 5.41 Å². The zero-order valence-corrected chi connectivity index (χ0v) is 15.3. The van der Waals surface area contributed by atoms with Crippen LogP contribution in [0.25, 0.3) is 11.0 Å². The molecule has 2 aliphatic rings. The third-order valence-corrected chi connectivity index (χ3v) is 5.76. The van der Waals surface area contributed by atoms with Gasteiger partial charge < -0.3 is 9.80 Å². The first-order valence-corrected chi connectivity index (χ1v) is 9.32. The molecule has 136 valence electrons. The van der Waals surface area contributed by atoms with Gasteiger partial charge in [-0.3, -0.25) is 19.6 Å². The summed E-state index contributed by atoms with van der Waals surface area (Å²) in [7, 11) is 0. The molecule has 2 fully saturated rings. The molecule has 0 bridgehead atoms. The number of hydrogen-bond acceptors (Lipinski definition) is 4. The molecular weight excluding hydrogens is 328 g/mol. The number of rotatable bonds is 2. The molecule has 2 amide bonds. The van der Waals surface area contributed by atoms with E-state index in [4.69, 9.17) is 0 Å². The summed E-state index contributed by atoms with van der Waals surface area (Å²) in [5.41, 5.74) is 1.50. The number of aromatic nitrogens is 2. The maximum atomic E-state index is 13.1. The predicted octanol–water partition coefficient (Wildman–Crippen LogP) is 2.49. The fraction of sp³-hybridized carbons (Fsp3) is 0.500. The summed E-state index contributed by atoms with van der Waals surface area (Å²) in [4.78, 5) is 38.6. The zero-order chi connectivity index (χ0) is 18.3. The van der Waals surface area contributed by atoms with Crippen molar-refractivity contribution >= 4 is 22.8 Å². The Labute approximate surface area is 153 Å². The number of fused-ring (bicyclic) bond motifs is 1. The second kappa shape index (κ2) is 6.34. The van der Waals surface area contributed by atoms with Crippen LogP contribution in [-0.2, 0) is 4.79 Å². The minimum Gasteiger partial charge on any atom is -0.340 e. The minimum atomic E-state index is -0.408. The number of carbonyl (C=O) groups excluding carboxylic acids is 2. The smallest absolute Gasteiger partial charge is 0.256 e. The molecule has 2 aromatic rings. The van der Waals surface area contributed by atoms with Gasteiger partial charge in [-0.2, -0.15) is 0 Å². The molecule has 0 unspecified atom stereocenters. The lowest BCUT2D eigenvalue weighted by Crippen LogP contribution is -2.52. The van der Waals surface area contributed by atoms with Gasteiger partial charge in [-0.15, -0.1) is 0 Å². The highest BCUT2D eigenvalue weighted by Crippen LogP contribution is 2.41. The average molecular weight is 352 g/mol. The van der Waals surface area contributed by atoms with Crippen LogP contribution in [0.15, 0.2) is 30.6 Å². The van der Waals surface area contributed by atoms with E-state index >= 15 is 0 Å². The average Bonchev–Trinajstić information content (AvgIpc) is 3.08. The molecule has 0 aliphatic carbocycles. The fourth-order valence-electron chi connectivity index (χ4n) is 4.35. The Balaban J connectivity index is 1.60. The molecule has 0 radical (unpaired) electrons. The molecule has 2 aliphatic heterocycles. The number of hydrogen-bond donors (Lipinski definition) is 0. The van der Waals surface area contributed by atoms with Gasteiger partial charge in [0.05, 0.1) is 16.5 Å². The van der Waals surface area contributed by atoms with Crippen molar-refractivity contribution in [3.05, 3.63) is 36.2 Å². The van der Waals surface area contributed by atoms with Crippen molar-refractivity contribution in [2.45, 2.75) is 39.2 Å². The Morgan fingerprint density at radius 2 is 1.96 bits per heavy atom. The van der Waals surface area contributed by atoms with E-state index in [-0.39, 0.29) is 17.9 Å². The maximum absolute atomic E-state index is 13.1. The standard InChI is InChI=1S/C20H24N4O2/c1-14(2)24-11-4-7-20(19(24)26)8-12-23(13-20)18(25)15-5-3-6-16-17(15)22-10-9-21-16/h3,5-6,9-10,14H,4,7-8,11-13H2,1-2H3/t20-/m0/s1. The first kappa shape index (κ1) is 16.9. The van der Waals surface area contributed by atoms with E-state index in [2.05, 4.69) is 23.8 Å². The molecular formula is C20H24N4O2. The van der Waals surface area contributed by atoms with Gasteiger partial charge in [-0.1, -0.05) is 6.07 Å². The number of piperidine rings is 1. The van der Waals surface area contributed by atoms with Crippen molar-refractivity contribution in [1.29, 1.82) is 0 Å². The SMILES string of the molecule is CC(C)N1CCC[C@@]2(CCN(C(=O)c3cccc4nccnc34)C2)C1=O. The van der Waals surface area contributed by atoms with Gasteiger partial charge in [0.2, 0.25) is 5.91 Å². The predicted molar refractivity (Wildman–Crippen MR) is 98.6 cm³/mol. The molecule has 3 heterocycles. The van der Waals surface area contributed by atoms with Gasteiger partial charge >= 0.3 is 0 Å². The highest BCUT2D eigenvalue weighted by atomic mass is 16.2. The highest BCUT2D eigenvalue weighted by Gasteiger charge is 2.49. The Bertz CT molecular complexity index is 861. The fourth-order valence-corrected chi connectivity index (χ4v) is 4.35. The molecule has 1 aromatic heterocycles. The summed E-state index contributed by atoms with van der Waals surface area (Å²) in [6.07, 6.45) is 5.86. The van der Waals surface area contributed by atoms with Gasteiger partial charge in [-0.05, 0) is 45.2 Å². The number of amides is 2. The zero-order valence-electron chi connectivity index (χ0n) is 15.3. The Hall–Kier alpha value is -2.50. The van der Waals surface area contributed by atoms with E-state index in [9.17, 15) is 9.59 Å². The summed E-state index contributed by atoms with van der Waals surface area (Å²) in [6.45, 7) is 6.07. The lowest BCUT2D eigenvalue weighted by molar-refractivity contribution is -0.147. The van der Waals surface area contributed by atoms with Crippen molar-refractivity contribution in [2.24, 2.45) is 5.41 Å². The maximum Gasteiger partial charge on any atom is 0.256 e. The summed E-state index contributed by atoms with van der Waals surface area (Å²) in [6, 6.07) is 5.70. The van der Waals surface area contributed by atoms with Crippen molar-refractivity contribution < 1.29 is 9.59 Å². The molecule has 2 saturated heterocycles. The minimum absolute atomic E-state index is 0.0533. The lowest BCUT2D eigenvalue weighted by atomic mass is 9.78. The van der Waals surface area contributed by atoms with Crippen LogP contribution in [0.4, 0.5) is 0 Å². The summed E-state index contributed by atoms with van der Waals surface area (Å²) in [5, 5.41) is 0. The van der Waals surface area contributed by atoms with Crippen LogP contribution in [0.5, 0.6) is 0 Å². The van der Waals surface area contributed by atoms with E-state index in [1.165, 1.54) is 0 Å². The van der Waals surface area contributed by atoms with E-state index in [0.717, 1.165) is 25.8 Å². The number of nitrogens with zero attached hydrogens (tertiary/aromatic N) is 4. The number of para-hydroxylation sites is 1. The third kappa shape index (κ3) is 2.64. The first-order chi connectivity index (χ1) is 12.5. The monoisotopic (exact) mass is 352 g/mol. The van der Waals surface area contributed by atoms with Crippen molar-refractivity contribution in [3.63, 3.8) is 0 Å². The molecule has 6 nitrogen and oxygen atoms in total. The Kier molecular flexibility index (Phi) is 4.13. The second-order valence-electron chi connectivity index (χ2n) is 7.68. The molecule has 4 rings (SSSR count). The van der Waals surface area contributed by atoms with Gasteiger partial charge in [0.15, 0.2) is 0 Å². The summed E-state index contributed by atoms with van der Waals surface area (Å²) < 4.78 is 0. The molecule has 0 N–H and O–H groups in total. The summed E-state index contributed by atoms with van der Waals surface area (Å²) >= 11 is 0. The Morgan fingerprint density at radius 1 is 1.15 bits per heavy atom. The molecule has 26 heavy (non-hydrogen) atoms. The highest BCUT2D eigenvalue weighted by molar-refractivity contribution is 6.05. The van der Waals surface area contributed by atoms with Crippen LogP contribution in [-0.4, -0.2) is 57.3 Å². The molecule has 1 aromatic carbocycles. The van der Waals surface area contributed by atoms with Gasteiger partial charge in [0.25, 0.3) is 5.91 Å². The quantitative estimate of drug-likeness (QED) is 0.833. The first-order valence-electron chi connectivity index (χ1n) is 9.32. The van der Waals surface area contributed by atoms with Crippen molar-refractivity contribution in [3.8, 4) is 0 Å². The van der Waals surface area contributed by atoms with Crippen LogP contribution in [0.3, 0.4) is 0 Å². The van der Waals surface area contributed by atoms with Crippen LogP contribution in [0.1, 0.15) is 43.5 Å². The van der Waals surface area contributed by atoms with Crippen LogP contribution < -0.4 is 0 Å². The van der Waals surface area contributed by atoms with Gasteiger partial charge in [0.1, 0.15) is 5.52 Å². The van der Waals surface area contributed by atoms with Gasteiger partial charge in [0, 0.05) is 38.1 Å². The molecule has 6 heteroatoms. The van der Waals surface area contributed by atoms with Crippen LogP contribution in [0.2, 0.25) is 0 Å². The Morgan fingerprint density at radius 3 is 2.77 bits per heavy atom. The number of carbonyl (C=O) groups is 2. The van der Waals surface area contributed by atoms with E-state index in [1.54, 1.807) is 18.5 Å². The summed E-state index contributed by atoms with van der Waals surface area (Å²) in [5.74, 6) is 0.161. The van der Waals surface area contributed by atoms with Crippen molar-refractivity contribution in [1.82, 2.24) is 19.8 Å². The van der Waals surface area contributed by atoms with Gasteiger partial charge in [-0.25, -0.2) is 0 Å². The topological polar surface area (TPSA) is 66.4 Å². The number of benzene rings is 1. The van der Waals surface area contributed by atoms with E-state index < -0.39 is 5.41 Å². The van der Waals surface area contributed by atoms with E-state index in [1.807, 2.05) is 21.9 Å².